The van der Waals surface area contributed by atoms with Gasteiger partial charge in [0.15, 0.2) is 0 Å². The molecule has 5 nitrogen and oxygen atoms in total. The zero-order valence-corrected chi connectivity index (χ0v) is 13.7. The second kappa shape index (κ2) is 7.09. The highest BCUT2D eigenvalue weighted by molar-refractivity contribution is 5.12. The number of rotatable bonds is 5. The lowest BCUT2D eigenvalue weighted by atomic mass is 10.1. The first-order valence-corrected chi connectivity index (χ1v) is 8.43. The molecule has 3 rings (SSSR count). The van der Waals surface area contributed by atoms with Crippen LogP contribution in [0, 0.1) is 0 Å². The normalized spacial score (nSPS) is 20.2. The van der Waals surface area contributed by atoms with Crippen LogP contribution in [0.2, 0.25) is 0 Å². The van der Waals surface area contributed by atoms with Gasteiger partial charge in [-0.05, 0) is 25.8 Å². The molecule has 1 fully saturated rings. The van der Waals surface area contributed by atoms with E-state index in [-0.39, 0.29) is 0 Å². The molecule has 0 aromatic carbocycles. The maximum atomic E-state index is 5.51. The maximum Gasteiger partial charge on any atom is 0.137 e. The lowest BCUT2D eigenvalue weighted by Gasteiger charge is -2.27. The first-order valence-electron chi connectivity index (χ1n) is 8.43. The Hall–Kier alpha value is -1.62. The van der Waals surface area contributed by atoms with Crippen molar-refractivity contribution < 1.29 is 4.52 Å². The van der Waals surface area contributed by atoms with Crippen LogP contribution < -0.4 is 0 Å². The van der Waals surface area contributed by atoms with Crippen LogP contribution in [0.4, 0.5) is 0 Å². The van der Waals surface area contributed by atoms with E-state index < -0.39 is 0 Å². The summed E-state index contributed by atoms with van der Waals surface area (Å²) in [6.07, 6.45) is 11.1. The highest BCUT2D eigenvalue weighted by Crippen LogP contribution is 2.31. The molecule has 2 aromatic rings. The fourth-order valence-corrected chi connectivity index (χ4v) is 3.33. The van der Waals surface area contributed by atoms with E-state index in [9.17, 15) is 0 Å². The van der Waals surface area contributed by atoms with E-state index in [0.29, 0.717) is 6.04 Å². The largest absolute Gasteiger partial charge is 0.361 e. The SMILES string of the molecule is CCCc1cc(C2CCCCCN2Cc2cnn(C)c2)no1. The van der Waals surface area contributed by atoms with Crippen LogP contribution in [0.1, 0.15) is 62.1 Å². The highest BCUT2D eigenvalue weighted by atomic mass is 16.5. The van der Waals surface area contributed by atoms with Crippen LogP contribution >= 0.6 is 0 Å². The Morgan fingerprint density at radius 1 is 1.32 bits per heavy atom. The lowest BCUT2D eigenvalue weighted by Crippen LogP contribution is -2.28. The molecule has 3 heterocycles. The zero-order valence-electron chi connectivity index (χ0n) is 13.7. The predicted octanol–water partition coefficient (Wildman–Crippen LogP) is 3.48. The number of hydrogen-bond donors (Lipinski definition) is 0. The molecule has 22 heavy (non-hydrogen) atoms. The van der Waals surface area contributed by atoms with Crippen molar-refractivity contribution in [3.63, 3.8) is 0 Å². The van der Waals surface area contributed by atoms with Gasteiger partial charge >= 0.3 is 0 Å². The Balaban J connectivity index is 1.77. The molecule has 0 aliphatic carbocycles. The summed E-state index contributed by atoms with van der Waals surface area (Å²) < 4.78 is 7.38. The molecule has 1 saturated heterocycles. The summed E-state index contributed by atoms with van der Waals surface area (Å²) in [5.74, 6) is 1.02. The minimum atomic E-state index is 0.372. The summed E-state index contributed by atoms with van der Waals surface area (Å²) in [6.45, 7) is 4.23. The molecule has 0 bridgehead atoms. The van der Waals surface area contributed by atoms with Gasteiger partial charge in [0.25, 0.3) is 0 Å². The van der Waals surface area contributed by atoms with E-state index in [2.05, 4.69) is 34.3 Å². The van der Waals surface area contributed by atoms with Gasteiger partial charge < -0.3 is 4.52 Å². The molecule has 1 aliphatic heterocycles. The van der Waals surface area contributed by atoms with Gasteiger partial charge in [-0.2, -0.15) is 5.10 Å². The van der Waals surface area contributed by atoms with Crippen molar-refractivity contribution >= 4 is 0 Å². The van der Waals surface area contributed by atoms with E-state index in [1.165, 1.54) is 31.2 Å². The Labute approximate surface area is 132 Å². The summed E-state index contributed by atoms with van der Waals surface area (Å²) in [5.41, 5.74) is 2.38. The van der Waals surface area contributed by atoms with Crippen LogP contribution in [0.25, 0.3) is 0 Å². The molecule has 1 unspecified atom stereocenters. The average molecular weight is 302 g/mol. The fourth-order valence-electron chi connectivity index (χ4n) is 3.33. The second-order valence-corrected chi connectivity index (χ2v) is 6.33. The Morgan fingerprint density at radius 3 is 3.00 bits per heavy atom. The van der Waals surface area contributed by atoms with Gasteiger partial charge in [-0.1, -0.05) is 24.9 Å². The number of aryl methyl sites for hydroxylation is 2. The van der Waals surface area contributed by atoms with Crippen molar-refractivity contribution in [2.45, 2.75) is 58.0 Å². The Bertz CT molecular complexity index is 589. The smallest absolute Gasteiger partial charge is 0.137 e. The van der Waals surface area contributed by atoms with Crippen LogP contribution in [-0.2, 0) is 20.0 Å². The van der Waals surface area contributed by atoms with Gasteiger partial charge in [-0.3, -0.25) is 9.58 Å². The molecule has 120 valence electrons. The number of hydrogen-bond acceptors (Lipinski definition) is 4. The van der Waals surface area contributed by atoms with Gasteiger partial charge in [-0.15, -0.1) is 0 Å². The van der Waals surface area contributed by atoms with Crippen molar-refractivity contribution in [1.82, 2.24) is 19.8 Å². The van der Waals surface area contributed by atoms with E-state index in [4.69, 9.17) is 4.52 Å². The number of aromatic nitrogens is 3. The average Bonchev–Trinajstić information content (AvgIpc) is 3.05. The molecule has 2 aromatic heterocycles. The summed E-state index contributed by atoms with van der Waals surface area (Å²) >= 11 is 0. The molecule has 0 amide bonds. The minimum absolute atomic E-state index is 0.372. The topological polar surface area (TPSA) is 47.1 Å². The summed E-state index contributed by atoms with van der Waals surface area (Å²) in [6, 6.07) is 2.53. The van der Waals surface area contributed by atoms with E-state index in [1.54, 1.807) is 0 Å². The third-order valence-corrected chi connectivity index (χ3v) is 4.42. The van der Waals surface area contributed by atoms with Gasteiger partial charge in [-0.25, -0.2) is 0 Å². The lowest BCUT2D eigenvalue weighted by molar-refractivity contribution is 0.183. The van der Waals surface area contributed by atoms with Crippen molar-refractivity contribution in [2.75, 3.05) is 6.54 Å². The van der Waals surface area contributed by atoms with Gasteiger partial charge in [0.05, 0.1) is 12.2 Å². The molecule has 5 heteroatoms. The van der Waals surface area contributed by atoms with Crippen molar-refractivity contribution in [1.29, 1.82) is 0 Å². The highest BCUT2D eigenvalue weighted by Gasteiger charge is 2.25. The molecule has 1 atom stereocenters. The minimum Gasteiger partial charge on any atom is -0.361 e. The van der Waals surface area contributed by atoms with E-state index >= 15 is 0 Å². The van der Waals surface area contributed by atoms with Gasteiger partial charge in [0, 0.05) is 37.8 Å². The summed E-state index contributed by atoms with van der Waals surface area (Å²) in [7, 11) is 1.97. The first kappa shape index (κ1) is 15.3. The van der Waals surface area contributed by atoms with E-state index in [0.717, 1.165) is 37.4 Å². The molecular weight excluding hydrogens is 276 g/mol. The zero-order chi connectivity index (χ0) is 15.4. The van der Waals surface area contributed by atoms with Gasteiger partial charge in [0.2, 0.25) is 0 Å². The third kappa shape index (κ3) is 3.58. The summed E-state index contributed by atoms with van der Waals surface area (Å²) in [4.78, 5) is 2.54. The van der Waals surface area contributed by atoms with Gasteiger partial charge in [0.1, 0.15) is 11.5 Å². The Kier molecular flexibility index (Phi) is 4.93. The molecule has 0 N–H and O–H groups in total. The first-order chi connectivity index (χ1) is 10.8. The maximum absolute atomic E-state index is 5.51. The van der Waals surface area contributed by atoms with Crippen molar-refractivity contribution in [2.24, 2.45) is 7.05 Å². The molecule has 0 saturated carbocycles. The van der Waals surface area contributed by atoms with Crippen molar-refractivity contribution in [3.05, 3.63) is 35.5 Å². The van der Waals surface area contributed by atoms with Crippen molar-refractivity contribution in [3.8, 4) is 0 Å². The molecular formula is C17H26N4O. The number of nitrogens with zero attached hydrogens (tertiary/aromatic N) is 4. The number of likely N-dealkylation sites (tertiary alicyclic amines) is 1. The Morgan fingerprint density at radius 2 is 2.23 bits per heavy atom. The summed E-state index contributed by atoms with van der Waals surface area (Å²) in [5, 5.41) is 8.65. The van der Waals surface area contributed by atoms with Crippen LogP contribution in [0.5, 0.6) is 0 Å². The second-order valence-electron chi connectivity index (χ2n) is 6.33. The third-order valence-electron chi connectivity index (χ3n) is 4.42. The molecule has 0 radical (unpaired) electrons. The molecule has 0 spiro atoms. The van der Waals surface area contributed by atoms with Crippen LogP contribution in [0.15, 0.2) is 23.0 Å². The predicted molar refractivity (Wildman–Crippen MR) is 85.3 cm³/mol. The fraction of sp³-hybridized carbons (Fsp3) is 0.647. The standard InChI is InChI=1S/C17H26N4O/c1-3-7-15-10-16(19-22-15)17-8-5-4-6-9-21(17)13-14-11-18-20(2)12-14/h10-12,17H,3-9,13H2,1-2H3. The quantitative estimate of drug-likeness (QED) is 0.848. The van der Waals surface area contributed by atoms with Crippen LogP contribution in [-0.4, -0.2) is 26.4 Å². The molecule has 1 aliphatic rings. The van der Waals surface area contributed by atoms with E-state index in [1.807, 2.05) is 17.9 Å². The monoisotopic (exact) mass is 302 g/mol. The van der Waals surface area contributed by atoms with Crippen LogP contribution in [0.3, 0.4) is 0 Å².